The van der Waals surface area contributed by atoms with Gasteiger partial charge in [0, 0.05) is 0 Å². The van der Waals surface area contributed by atoms with Gasteiger partial charge in [0.2, 0.25) is 0 Å². The molecule has 0 aliphatic carbocycles. The molecule has 1 atom stereocenters. The fourth-order valence-corrected chi connectivity index (χ4v) is 3.60. The summed E-state index contributed by atoms with van der Waals surface area (Å²) >= 11 is 0.859. The van der Waals surface area contributed by atoms with Gasteiger partial charge >= 0.3 is 44.9 Å². The molecule has 6 heavy (non-hydrogen) atoms. The van der Waals surface area contributed by atoms with Gasteiger partial charge in [-0.3, -0.25) is 0 Å². The summed E-state index contributed by atoms with van der Waals surface area (Å²) in [4.78, 5) is 0. The molecule has 0 radical (unpaired) electrons. The van der Waals surface area contributed by atoms with E-state index in [4.69, 9.17) is 4.52 Å². The van der Waals surface area contributed by atoms with Crippen molar-refractivity contribution in [3.05, 3.63) is 0 Å². The summed E-state index contributed by atoms with van der Waals surface area (Å²) in [6, 6.07) is 0. The summed E-state index contributed by atoms with van der Waals surface area (Å²) in [5, 5.41) is 1.45. The topological polar surface area (TPSA) is 9.23 Å². The van der Waals surface area contributed by atoms with Crippen LogP contribution in [0.4, 0.5) is 0 Å². The van der Waals surface area contributed by atoms with E-state index < -0.39 is 0 Å². The molecule has 36 valence electrons. The Labute approximate surface area is 45.5 Å². The van der Waals surface area contributed by atoms with Crippen LogP contribution in [0.1, 0.15) is 6.42 Å². The predicted molar refractivity (Wildman–Crippen MR) is 29.4 cm³/mol. The van der Waals surface area contributed by atoms with E-state index in [1.165, 1.54) is 11.7 Å². The van der Waals surface area contributed by atoms with Crippen LogP contribution in [0.5, 0.6) is 0 Å². The van der Waals surface area contributed by atoms with Gasteiger partial charge in [-0.2, -0.15) is 0 Å². The van der Waals surface area contributed by atoms with Crippen LogP contribution in [0, 0.1) is 0 Å². The van der Waals surface area contributed by atoms with Gasteiger partial charge in [0.25, 0.3) is 0 Å². The van der Waals surface area contributed by atoms with Crippen LogP contribution in [0.25, 0.3) is 0 Å². The van der Waals surface area contributed by atoms with Gasteiger partial charge in [-0.05, 0) is 0 Å². The number of hydrogen-bond acceptors (Lipinski definition) is 1. The SMILES string of the molecule is C1COP[Se]C1. The molecule has 1 nitrogen and oxygen atoms in total. The Morgan fingerprint density at radius 1 is 1.67 bits per heavy atom. The molecule has 0 aromatic rings. The maximum absolute atomic E-state index is 5.12. The van der Waals surface area contributed by atoms with E-state index >= 15 is 0 Å². The van der Waals surface area contributed by atoms with Crippen molar-refractivity contribution in [2.24, 2.45) is 0 Å². The fraction of sp³-hybridized carbons (Fsp3) is 1.00. The van der Waals surface area contributed by atoms with Gasteiger partial charge in [-0.25, -0.2) is 0 Å². The third-order valence-electron chi connectivity index (χ3n) is 0.611. The van der Waals surface area contributed by atoms with E-state index in [0.717, 1.165) is 28.6 Å². The normalized spacial score (nSPS) is 28.0. The molecule has 1 saturated heterocycles. The predicted octanol–water partition coefficient (Wildman–Crippen LogP) is 1.04. The van der Waals surface area contributed by atoms with Gasteiger partial charge in [0.05, 0.1) is 0 Å². The Hall–Kier alpha value is 0.909. The standard InChI is InChI=1S/C3H7OPSe/c1-2-4-5-6-3-1/h5H,1-3H2. The Bertz CT molecular complexity index is 26.3. The molecule has 0 aromatic carbocycles. The van der Waals surface area contributed by atoms with E-state index in [9.17, 15) is 0 Å². The molecule has 1 fully saturated rings. The zero-order valence-electron chi connectivity index (χ0n) is 3.44. The van der Waals surface area contributed by atoms with Gasteiger partial charge in [-0.1, -0.05) is 0 Å². The first-order valence-electron chi connectivity index (χ1n) is 1.99. The summed E-state index contributed by atoms with van der Waals surface area (Å²) in [7, 11) is 0.864. The summed E-state index contributed by atoms with van der Waals surface area (Å²) in [6.45, 7) is 1.03. The van der Waals surface area contributed by atoms with Gasteiger partial charge in [0.1, 0.15) is 0 Å². The van der Waals surface area contributed by atoms with E-state index in [2.05, 4.69) is 0 Å². The Morgan fingerprint density at radius 3 is 2.83 bits per heavy atom. The molecule has 1 unspecified atom stereocenters. The zero-order chi connectivity index (χ0) is 4.24. The molecule has 1 aliphatic rings. The monoisotopic (exact) mass is 170 g/mol. The molecule has 0 saturated carbocycles. The minimum absolute atomic E-state index is 0.859. The van der Waals surface area contributed by atoms with Gasteiger partial charge < -0.3 is 0 Å². The second-order valence-electron chi connectivity index (χ2n) is 1.13. The Morgan fingerprint density at radius 2 is 2.67 bits per heavy atom. The van der Waals surface area contributed by atoms with E-state index in [1.54, 1.807) is 0 Å². The fourth-order valence-electron chi connectivity index (χ4n) is 0.328. The van der Waals surface area contributed by atoms with Crippen LogP contribution >= 0.6 is 7.50 Å². The summed E-state index contributed by atoms with van der Waals surface area (Å²) < 4.78 is 5.12. The molecule has 0 N–H and O–H groups in total. The average molecular weight is 169 g/mol. The second-order valence-corrected chi connectivity index (χ2v) is 5.60. The van der Waals surface area contributed by atoms with Crippen molar-refractivity contribution in [3.63, 3.8) is 0 Å². The molecule has 0 amide bonds. The van der Waals surface area contributed by atoms with Crippen molar-refractivity contribution in [2.75, 3.05) is 6.61 Å². The van der Waals surface area contributed by atoms with Crippen LogP contribution in [0.3, 0.4) is 0 Å². The van der Waals surface area contributed by atoms with E-state index in [-0.39, 0.29) is 0 Å². The van der Waals surface area contributed by atoms with Crippen molar-refractivity contribution < 1.29 is 4.52 Å². The molecule has 1 aliphatic heterocycles. The molecule has 1 heterocycles. The molecule has 3 heteroatoms. The molecule has 0 bridgehead atoms. The molecule has 0 aromatic heterocycles. The molecular formula is C3H7OPSe. The summed E-state index contributed by atoms with van der Waals surface area (Å²) in [5.41, 5.74) is 0. The molecule has 1 rings (SSSR count). The van der Waals surface area contributed by atoms with Crippen LogP contribution in [0.2, 0.25) is 5.32 Å². The van der Waals surface area contributed by atoms with Crippen molar-refractivity contribution in [1.29, 1.82) is 0 Å². The quantitative estimate of drug-likeness (QED) is 0.388. The summed E-state index contributed by atoms with van der Waals surface area (Å²) in [5.74, 6) is 0. The van der Waals surface area contributed by atoms with Crippen molar-refractivity contribution in [2.45, 2.75) is 11.7 Å². The third-order valence-corrected chi connectivity index (χ3v) is 4.63. The first-order chi connectivity index (χ1) is 3.00. The Balaban J connectivity index is 2.00. The van der Waals surface area contributed by atoms with Gasteiger partial charge in [-0.15, -0.1) is 0 Å². The van der Waals surface area contributed by atoms with Crippen LogP contribution < -0.4 is 0 Å². The second kappa shape index (κ2) is 2.98. The maximum atomic E-state index is 5.12. The van der Waals surface area contributed by atoms with Crippen molar-refractivity contribution >= 4 is 22.0 Å². The average Bonchev–Trinajstić information content (AvgIpc) is 1.72. The van der Waals surface area contributed by atoms with Crippen molar-refractivity contribution in [1.82, 2.24) is 0 Å². The molecular weight excluding hydrogens is 162 g/mol. The van der Waals surface area contributed by atoms with Gasteiger partial charge in [0.15, 0.2) is 0 Å². The molecule has 0 spiro atoms. The number of rotatable bonds is 0. The summed E-state index contributed by atoms with van der Waals surface area (Å²) in [6.07, 6.45) is 1.31. The third kappa shape index (κ3) is 1.57. The number of hydrogen-bond donors (Lipinski definition) is 0. The first-order valence-corrected chi connectivity index (χ1v) is 6.58. The first kappa shape index (κ1) is 5.05. The van der Waals surface area contributed by atoms with E-state index in [1.807, 2.05) is 0 Å². The van der Waals surface area contributed by atoms with Crippen LogP contribution in [-0.2, 0) is 4.52 Å². The minimum atomic E-state index is 0.859. The Kier molecular flexibility index (Phi) is 2.51. The van der Waals surface area contributed by atoms with E-state index in [0.29, 0.717) is 0 Å². The van der Waals surface area contributed by atoms with Crippen LogP contribution in [-0.4, -0.2) is 21.1 Å². The van der Waals surface area contributed by atoms with Crippen LogP contribution in [0.15, 0.2) is 0 Å². The van der Waals surface area contributed by atoms with Crippen molar-refractivity contribution in [3.8, 4) is 0 Å². The zero-order valence-corrected chi connectivity index (χ0v) is 6.15.